The minimum absolute atomic E-state index is 0.421. The van der Waals surface area contributed by atoms with Crippen molar-refractivity contribution in [3.63, 3.8) is 0 Å². The van der Waals surface area contributed by atoms with Crippen molar-refractivity contribution in [3.8, 4) is 11.5 Å². The van der Waals surface area contributed by atoms with Gasteiger partial charge in [-0.25, -0.2) is 0 Å². The Kier molecular flexibility index (Phi) is 4.17. The Morgan fingerprint density at radius 1 is 1.24 bits per heavy atom. The third-order valence-corrected chi connectivity index (χ3v) is 3.40. The predicted octanol–water partition coefficient (Wildman–Crippen LogP) is 4.16. The van der Waals surface area contributed by atoms with Crippen LogP contribution in [0.5, 0.6) is 0 Å². The van der Waals surface area contributed by atoms with E-state index in [1.54, 1.807) is 6.20 Å². The van der Waals surface area contributed by atoms with Gasteiger partial charge in [-0.2, -0.15) is 4.98 Å². The van der Waals surface area contributed by atoms with Crippen LogP contribution in [0.4, 0.5) is 5.69 Å². The number of hydrogen-bond acceptors (Lipinski definition) is 5. The van der Waals surface area contributed by atoms with Crippen LogP contribution in [0.1, 0.15) is 5.89 Å². The molecule has 0 spiro atoms. The van der Waals surface area contributed by atoms with Crippen molar-refractivity contribution in [2.45, 2.75) is 6.54 Å². The lowest BCUT2D eigenvalue weighted by Crippen LogP contribution is -1.99. The molecule has 2 aromatic heterocycles. The average Bonchev–Trinajstić information content (AvgIpc) is 2.95. The number of aromatic nitrogens is 3. The number of anilines is 1. The number of halogens is 2. The summed E-state index contributed by atoms with van der Waals surface area (Å²) >= 11 is 9.25. The Morgan fingerprint density at radius 2 is 2.14 bits per heavy atom. The summed E-state index contributed by atoms with van der Waals surface area (Å²) in [6, 6.07) is 11.1. The molecule has 1 aromatic carbocycles. The first kappa shape index (κ1) is 14.0. The summed E-state index contributed by atoms with van der Waals surface area (Å²) in [6.45, 7) is 0.421. The normalized spacial score (nSPS) is 10.6. The lowest BCUT2D eigenvalue weighted by molar-refractivity contribution is 0.384. The van der Waals surface area contributed by atoms with Crippen LogP contribution in [0, 0.1) is 0 Å². The van der Waals surface area contributed by atoms with E-state index < -0.39 is 0 Å². The van der Waals surface area contributed by atoms with Gasteiger partial charge in [0.05, 0.1) is 6.54 Å². The molecule has 2 heterocycles. The zero-order valence-corrected chi connectivity index (χ0v) is 13.1. The summed E-state index contributed by atoms with van der Waals surface area (Å²) in [5.41, 5.74) is 1.56. The molecular formula is C14H10BrClN4O. The zero-order chi connectivity index (χ0) is 14.7. The SMILES string of the molecule is Clc1cccc(NCc2nc(-c3ccc(Br)cn3)no2)c1. The molecular weight excluding hydrogens is 356 g/mol. The van der Waals surface area contributed by atoms with Gasteiger partial charge in [0.15, 0.2) is 0 Å². The van der Waals surface area contributed by atoms with E-state index in [0.717, 1.165) is 10.2 Å². The van der Waals surface area contributed by atoms with E-state index in [2.05, 4.69) is 36.4 Å². The minimum atomic E-state index is 0.421. The van der Waals surface area contributed by atoms with E-state index in [9.17, 15) is 0 Å². The third kappa shape index (κ3) is 3.59. The molecule has 3 aromatic rings. The Labute approximate surface area is 134 Å². The molecule has 0 radical (unpaired) electrons. The van der Waals surface area contributed by atoms with Gasteiger partial charge in [0, 0.05) is 21.4 Å². The molecule has 0 atom stereocenters. The van der Waals surface area contributed by atoms with Gasteiger partial charge >= 0.3 is 0 Å². The summed E-state index contributed by atoms with van der Waals surface area (Å²) < 4.78 is 6.09. The van der Waals surface area contributed by atoms with Gasteiger partial charge in [-0.1, -0.05) is 22.8 Å². The monoisotopic (exact) mass is 364 g/mol. The summed E-state index contributed by atoms with van der Waals surface area (Å²) in [4.78, 5) is 8.52. The van der Waals surface area contributed by atoms with Crippen LogP contribution in [0.15, 0.2) is 51.6 Å². The number of pyridine rings is 1. The number of nitrogens with zero attached hydrogens (tertiary/aromatic N) is 3. The highest BCUT2D eigenvalue weighted by Gasteiger charge is 2.09. The van der Waals surface area contributed by atoms with Crippen molar-refractivity contribution in [1.82, 2.24) is 15.1 Å². The number of hydrogen-bond donors (Lipinski definition) is 1. The minimum Gasteiger partial charge on any atom is -0.376 e. The molecule has 0 saturated carbocycles. The second-order valence-corrected chi connectivity index (χ2v) is 5.59. The van der Waals surface area contributed by atoms with E-state index in [0.29, 0.717) is 29.0 Å². The van der Waals surface area contributed by atoms with Gasteiger partial charge in [0.25, 0.3) is 0 Å². The van der Waals surface area contributed by atoms with Gasteiger partial charge in [-0.05, 0) is 46.3 Å². The maximum absolute atomic E-state index is 5.92. The van der Waals surface area contributed by atoms with Crippen LogP contribution in [0.25, 0.3) is 11.5 Å². The topological polar surface area (TPSA) is 63.8 Å². The summed E-state index contributed by atoms with van der Waals surface area (Å²) in [6.07, 6.45) is 1.69. The fourth-order valence-electron chi connectivity index (χ4n) is 1.71. The van der Waals surface area contributed by atoms with Crippen molar-refractivity contribution >= 4 is 33.2 Å². The average molecular weight is 366 g/mol. The molecule has 0 aliphatic carbocycles. The van der Waals surface area contributed by atoms with Crippen LogP contribution >= 0.6 is 27.5 Å². The van der Waals surface area contributed by atoms with Crippen LogP contribution < -0.4 is 5.32 Å². The van der Waals surface area contributed by atoms with E-state index >= 15 is 0 Å². The summed E-state index contributed by atoms with van der Waals surface area (Å²) in [5.74, 6) is 0.945. The first-order valence-corrected chi connectivity index (χ1v) is 7.32. The predicted molar refractivity (Wildman–Crippen MR) is 84.0 cm³/mol. The Balaban J connectivity index is 1.69. The lowest BCUT2D eigenvalue weighted by atomic mass is 10.3. The van der Waals surface area contributed by atoms with Crippen LogP contribution in [0.3, 0.4) is 0 Å². The lowest BCUT2D eigenvalue weighted by Gasteiger charge is -2.02. The highest BCUT2D eigenvalue weighted by atomic mass is 79.9. The number of rotatable bonds is 4. The maximum atomic E-state index is 5.92. The van der Waals surface area contributed by atoms with Crippen molar-refractivity contribution in [3.05, 3.63) is 58.0 Å². The fourth-order valence-corrected chi connectivity index (χ4v) is 2.14. The number of nitrogens with one attached hydrogen (secondary N) is 1. The second kappa shape index (κ2) is 6.24. The third-order valence-electron chi connectivity index (χ3n) is 2.69. The Morgan fingerprint density at radius 3 is 2.90 bits per heavy atom. The molecule has 0 saturated heterocycles. The zero-order valence-electron chi connectivity index (χ0n) is 10.8. The van der Waals surface area contributed by atoms with Gasteiger partial charge in [-0.15, -0.1) is 0 Å². The summed E-state index contributed by atoms with van der Waals surface area (Å²) in [7, 11) is 0. The smallest absolute Gasteiger partial charge is 0.246 e. The van der Waals surface area contributed by atoms with Crippen molar-refractivity contribution in [2.24, 2.45) is 0 Å². The molecule has 0 aliphatic rings. The highest BCUT2D eigenvalue weighted by molar-refractivity contribution is 9.10. The summed E-state index contributed by atoms with van der Waals surface area (Å²) in [5, 5.41) is 7.75. The van der Waals surface area contributed by atoms with E-state index in [-0.39, 0.29) is 0 Å². The standard InChI is InChI=1S/C14H10BrClN4O/c15-9-4-5-12(18-7-9)14-19-13(21-20-14)8-17-11-3-1-2-10(16)6-11/h1-7,17H,8H2. The second-order valence-electron chi connectivity index (χ2n) is 4.24. The van der Waals surface area contributed by atoms with E-state index in [4.69, 9.17) is 16.1 Å². The van der Waals surface area contributed by atoms with Crippen LogP contribution in [0.2, 0.25) is 5.02 Å². The van der Waals surface area contributed by atoms with Crippen molar-refractivity contribution < 1.29 is 4.52 Å². The highest BCUT2D eigenvalue weighted by Crippen LogP contribution is 2.18. The molecule has 7 heteroatoms. The molecule has 0 amide bonds. The largest absolute Gasteiger partial charge is 0.376 e. The Hall–Kier alpha value is -1.92. The van der Waals surface area contributed by atoms with Crippen LogP contribution in [-0.4, -0.2) is 15.1 Å². The first-order chi connectivity index (χ1) is 10.2. The van der Waals surface area contributed by atoms with Gasteiger partial charge < -0.3 is 9.84 Å². The van der Waals surface area contributed by atoms with Crippen LogP contribution in [-0.2, 0) is 6.54 Å². The number of benzene rings is 1. The van der Waals surface area contributed by atoms with Gasteiger partial charge in [0.2, 0.25) is 11.7 Å². The molecule has 21 heavy (non-hydrogen) atoms. The van der Waals surface area contributed by atoms with E-state index in [1.165, 1.54) is 0 Å². The molecule has 0 fully saturated rings. The molecule has 106 valence electrons. The molecule has 0 unspecified atom stereocenters. The van der Waals surface area contributed by atoms with Gasteiger partial charge in [-0.3, -0.25) is 4.98 Å². The quantitative estimate of drug-likeness (QED) is 0.752. The Bertz CT molecular complexity index is 745. The fraction of sp³-hybridized carbons (Fsp3) is 0.0714. The maximum Gasteiger partial charge on any atom is 0.246 e. The molecule has 3 rings (SSSR count). The molecule has 1 N–H and O–H groups in total. The van der Waals surface area contributed by atoms with Crippen molar-refractivity contribution in [1.29, 1.82) is 0 Å². The van der Waals surface area contributed by atoms with Gasteiger partial charge in [0.1, 0.15) is 5.69 Å². The first-order valence-electron chi connectivity index (χ1n) is 6.15. The molecule has 0 aliphatic heterocycles. The van der Waals surface area contributed by atoms with Crippen molar-refractivity contribution in [2.75, 3.05) is 5.32 Å². The molecule has 0 bridgehead atoms. The van der Waals surface area contributed by atoms with E-state index in [1.807, 2.05) is 36.4 Å². The molecule has 5 nitrogen and oxygen atoms in total.